The zero-order valence-corrected chi connectivity index (χ0v) is 15.1. The molecule has 1 aliphatic heterocycles. The molecule has 136 valence electrons. The molecule has 0 spiro atoms. The van der Waals surface area contributed by atoms with E-state index in [1.807, 2.05) is 25.1 Å². The van der Waals surface area contributed by atoms with Gasteiger partial charge in [0, 0.05) is 6.61 Å². The molecule has 0 amide bonds. The molecule has 3 aromatic rings. The van der Waals surface area contributed by atoms with E-state index in [2.05, 4.69) is 20.2 Å². The highest BCUT2D eigenvalue weighted by atomic mass is 32.2. The molecule has 1 aliphatic rings. The summed E-state index contributed by atoms with van der Waals surface area (Å²) in [5.41, 5.74) is 0.226. The van der Waals surface area contributed by atoms with Gasteiger partial charge in [-0.15, -0.1) is 5.10 Å². The van der Waals surface area contributed by atoms with Gasteiger partial charge in [-0.05, 0) is 31.9 Å². The molecule has 2 unspecified atom stereocenters. The zero-order valence-electron chi connectivity index (χ0n) is 14.3. The number of H-pyrrole nitrogens is 2. The van der Waals surface area contributed by atoms with Crippen molar-refractivity contribution in [2.75, 3.05) is 6.61 Å². The van der Waals surface area contributed by atoms with Crippen LogP contribution in [0.25, 0.3) is 10.9 Å². The molecule has 0 saturated carbocycles. The first-order valence-corrected chi connectivity index (χ1v) is 9.42. The van der Waals surface area contributed by atoms with E-state index in [0.29, 0.717) is 28.4 Å². The first kappa shape index (κ1) is 17.0. The van der Waals surface area contributed by atoms with E-state index in [1.165, 1.54) is 11.8 Å². The molecular weight excluding hydrogens is 354 g/mol. The fourth-order valence-electron chi connectivity index (χ4n) is 3.06. The van der Waals surface area contributed by atoms with Crippen LogP contribution >= 0.6 is 11.8 Å². The van der Waals surface area contributed by atoms with Gasteiger partial charge in [-0.1, -0.05) is 23.9 Å². The van der Waals surface area contributed by atoms with Gasteiger partial charge in [0.2, 0.25) is 0 Å². The number of aromatic nitrogens is 5. The molecule has 1 fully saturated rings. The normalized spacial score (nSPS) is 18.4. The lowest BCUT2D eigenvalue weighted by molar-refractivity contribution is 0.0941. The Morgan fingerprint density at radius 2 is 2.23 bits per heavy atom. The Bertz CT molecular complexity index is 1030. The van der Waals surface area contributed by atoms with E-state index >= 15 is 0 Å². The molecule has 2 N–H and O–H groups in total. The predicted molar refractivity (Wildman–Crippen MR) is 98.5 cm³/mol. The molecule has 0 aliphatic carbocycles. The van der Waals surface area contributed by atoms with Gasteiger partial charge in [0.1, 0.15) is 5.82 Å². The van der Waals surface area contributed by atoms with Crippen LogP contribution < -0.4 is 11.2 Å². The zero-order chi connectivity index (χ0) is 18.1. The fraction of sp³-hybridized carbons (Fsp3) is 0.412. The first-order chi connectivity index (χ1) is 12.6. The standard InChI is InChI=1S/C17H19N5O3S/c1-10(14-18-13-7-3-2-6-12(13)15(23)19-14)26-17-21-20-16(24)22(17)9-11-5-4-8-25-11/h2-3,6-7,10-11H,4-5,8-9H2,1H3,(H,20,24)(H,18,19,23). The summed E-state index contributed by atoms with van der Waals surface area (Å²) in [5, 5.41) is 7.57. The van der Waals surface area contributed by atoms with Gasteiger partial charge in [0.05, 0.1) is 28.8 Å². The van der Waals surface area contributed by atoms with Crippen LogP contribution in [-0.2, 0) is 11.3 Å². The Morgan fingerprint density at radius 3 is 3.04 bits per heavy atom. The molecule has 2 atom stereocenters. The number of hydrogen-bond acceptors (Lipinski definition) is 6. The summed E-state index contributed by atoms with van der Waals surface area (Å²) >= 11 is 1.38. The molecule has 0 radical (unpaired) electrons. The molecule has 8 nitrogen and oxygen atoms in total. The Balaban J connectivity index is 1.59. The van der Waals surface area contributed by atoms with Gasteiger partial charge in [-0.2, -0.15) is 0 Å². The van der Waals surface area contributed by atoms with Crippen LogP contribution in [0.15, 0.2) is 39.0 Å². The van der Waals surface area contributed by atoms with Gasteiger partial charge in [0.25, 0.3) is 5.56 Å². The number of nitrogens with zero attached hydrogens (tertiary/aromatic N) is 3. The highest BCUT2D eigenvalue weighted by Crippen LogP contribution is 2.31. The summed E-state index contributed by atoms with van der Waals surface area (Å²) < 4.78 is 7.21. The van der Waals surface area contributed by atoms with Crippen molar-refractivity contribution < 1.29 is 4.74 Å². The minimum Gasteiger partial charge on any atom is -0.376 e. The highest BCUT2D eigenvalue weighted by Gasteiger charge is 2.22. The second-order valence-electron chi connectivity index (χ2n) is 6.29. The number of benzene rings is 1. The third-order valence-corrected chi connectivity index (χ3v) is 5.53. The van der Waals surface area contributed by atoms with Crippen molar-refractivity contribution in [3.05, 3.63) is 50.9 Å². The first-order valence-electron chi connectivity index (χ1n) is 8.54. The second-order valence-corrected chi connectivity index (χ2v) is 7.59. The van der Waals surface area contributed by atoms with E-state index in [0.717, 1.165) is 19.4 Å². The quantitative estimate of drug-likeness (QED) is 0.661. The van der Waals surface area contributed by atoms with E-state index < -0.39 is 0 Å². The summed E-state index contributed by atoms with van der Waals surface area (Å²) in [6, 6.07) is 7.22. The van der Waals surface area contributed by atoms with Gasteiger partial charge in [-0.3, -0.25) is 9.36 Å². The molecule has 9 heteroatoms. The van der Waals surface area contributed by atoms with Crippen molar-refractivity contribution >= 4 is 22.7 Å². The maximum Gasteiger partial charge on any atom is 0.344 e. The summed E-state index contributed by atoms with van der Waals surface area (Å²) in [6.45, 7) is 3.14. The van der Waals surface area contributed by atoms with Crippen LogP contribution in [0.3, 0.4) is 0 Å². The lowest BCUT2D eigenvalue weighted by atomic mass is 10.2. The van der Waals surface area contributed by atoms with Crippen molar-refractivity contribution in [2.24, 2.45) is 0 Å². The van der Waals surface area contributed by atoms with Crippen LogP contribution in [0.5, 0.6) is 0 Å². The third-order valence-electron chi connectivity index (χ3n) is 4.43. The minimum atomic E-state index is -0.254. The lowest BCUT2D eigenvalue weighted by Gasteiger charge is -2.13. The Hall–Kier alpha value is -2.39. The molecule has 26 heavy (non-hydrogen) atoms. The van der Waals surface area contributed by atoms with Crippen LogP contribution in [0.4, 0.5) is 0 Å². The van der Waals surface area contributed by atoms with Crippen molar-refractivity contribution in [2.45, 2.75) is 42.8 Å². The minimum absolute atomic E-state index is 0.0403. The molecular formula is C17H19N5O3S. The number of nitrogens with one attached hydrogen (secondary N) is 2. The van der Waals surface area contributed by atoms with Gasteiger partial charge < -0.3 is 9.72 Å². The van der Waals surface area contributed by atoms with Crippen molar-refractivity contribution in [1.29, 1.82) is 0 Å². The Kier molecular flexibility index (Phi) is 4.64. The van der Waals surface area contributed by atoms with Gasteiger partial charge in [0.15, 0.2) is 5.16 Å². The maximum absolute atomic E-state index is 12.3. The molecule has 0 bridgehead atoms. The Labute approximate surface area is 153 Å². The van der Waals surface area contributed by atoms with Crippen molar-refractivity contribution in [1.82, 2.24) is 24.7 Å². The maximum atomic E-state index is 12.3. The number of fused-ring (bicyclic) bond motifs is 1. The average molecular weight is 373 g/mol. The second kappa shape index (κ2) is 7.08. The molecule has 3 heterocycles. The van der Waals surface area contributed by atoms with Crippen LogP contribution in [0, 0.1) is 0 Å². The molecule has 1 aromatic carbocycles. The largest absolute Gasteiger partial charge is 0.376 e. The number of rotatable bonds is 5. The number of hydrogen-bond donors (Lipinski definition) is 2. The summed E-state index contributed by atoms with van der Waals surface area (Å²) in [6.07, 6.45) is 1.99. The summed E-state index contributed by atoms with van der Waals surface area (Å²) in [5.74, 6) is 0.554. The van der Waals surface area contributed by atoms with Crippen molar-refractivity contribution in [3.8, 4) is 0 Å². The average Bonchev–Trinajstić information content (AvgIpc) is 3.27. The number of ether oxygens (including phenoxy) is 1. The van der Waals surface area contributed by atoms with E-state index in [4.69, 9.17) is 4.74 Å². The van der Waals surface area contributed by atoms with Crippen LogP contribution in [0.2, 0.25) is 0 Å². The van der Waals surface area contributed by atoms with Crippen LogP contribution in [-0.4, -0.2) is 37.4 Å². The smallest absolute Gasteiger partial charge is 0.344 e. The SMILES string of the molecule is CC(Sc1n[nH]c(=O)n1CC1CCCO1)c1nc2ccccc2c(=O)[nH]1. The van der Waals surface area contributed by atoms with Gasteiger partial charge in [-0.25, -0.2) is 14.9 Å². The molecule has 2 aromatic heterocycles. The Morgan fingerprint density at radius 1 is 1.38 bits per heavy atom. The molecule has 4 rings (SSSR count). The topological polar surface area (TPSA) is 106 Å². The van der Waals surface area contributed by atoms with Crippen molar-refractivity contribution in [3.63, 3.8) is 0 Å². The highest BCUT2D eigenvalue weighted by molar-refractivity contribution is 7.99. The monoisotopic (exact) mass is 373 g/mol. The number of para-hydroxylation sites is 1. The summed E-state index contributed by atoms with van der Waals surface area (Å²) in [7, 11) is 0. The van der Waals surface area contributed by atoms with E-state index in [-0.39, 0.29) is 22.6 Å². The predicted octanol–water partition coefficient (Wildman–Crippen LogP) is 1.84. The fourth-order valence-corrected chi connectivity index (χ4v) is 3.98. The van der Waals surface area contributed by atoms with E-state index in [9.17, 15) is 9.59 Å². The number of thioether (sulfide) groups is 1. The van der Waals surface area contributed by atoms with E-state index in [1.54, 1.807) is 10.6 Å². The molecule has 1 saturated heterocycles. The summed E-state index contributed by atoms with van der Waals surface area (Å²) in [4.78, 5) is 31.7. The third kappa shape index (κ3) is 3.32. The lowest BCUT2D eigenvalue weighted by Crippen LogP contribution is -2.25. The number of aromatic amines is 2. The van der Waals surface area contributed by atoms with Gasteiger partial charge >= 0.3 is 5.69 Å². The van der Waals surface area contributed by atoms with Crippen LogP contribution in [0.1, 0.15) is 30.8 Å².